The summed E-state index contributed by atoms with van der Waals surface area (Å²) in [7, 11) is 1.69. The first-order valence-corrected chi connectivity index (χ1v) is 9.96. The van der Waals surface area contributed by atoms with E-state index >= 15 is 0 Å². The first-order chi connectivity index (χ1) is 13.0. The van der Waals surface area contributed by atoms with E-state index in [1.54, 1.807) is 7.05 Å². The summed E-state index contributed by atoms with van der Waals surface area (Å²) in [6, 6.07) is 12.1. The van der Waals surface area contributed by atoms with Crippen molar-refractivity contribution in [1.29, 1.82) is 0 Å². The Balaban J connectivity index is 1.40. The number of fused-ring (bicyclic) bond motifs is 1. The molecule has 0 aromatic heterocycles. The van der Waals surface area contributed by atoms with E-state index < -0.39 is 0 Å². The molecule has 4 nitrogen and oxygen atoms in total. The number of likely N-dealkylation sites (tertiary alicyclic amines) is 1. The predicted molar refractivity (Wildman–Crippen MR) is 107 cm³/mol. The van der Waals surface area contributed by atoms with Gasteiger partial charge in [0.2, 0.25) is 5.91 Å². The van der Waals surface area contributed by atoms with Crippen LogP contribution in [0.25, 0.3) is 0 Å². The molecule has 142 valence electrons. The maximum atomic E-state index is 11.6. The Morgan fingerprint density at radius 3 is 2.74 bits per heavy atom. The summed E-state index contributed by atoms with van der Waals surface area (Å²) >= 11 is 12.2. The van der Waals surface area contributed by atoms with Crippen molar-refractivity contribution in [2.75, 3.05) is 20.1 Å². The lowest BCUT2D eigenvalue weighted by molar-refractivity contribution is -0.129. The summed E-state index contributed by atoms with van der Waals surface area (Å²) in [5.74, 6) is 1.20. The van der Waals surface area contributed by atoms with E-state index in [1.165, 1.54) is 11.1 Å². The van der Waals surface area contributed by atoms with Gasteiger partial charge in [-0.2, -0.15) is 0 Å². The van der Waals surface area contributed by atoms with Crippen molar-refractivity contribution in [3.05, 3.63) is 63.1 Å². The number of hydrogen-bond donors (Lipinski definition) is 1. The van der Waals surface area contributed by atoms with Gasteiger partial charge in [0.25, 0.3) is 0 Å². The lowest BCUT2D eigenvalue weighted by atomic mass is 9.95. The van der Waals surface area contributed by atoms with E-state index in [4.69, 9.17) is 27.9 Å². The predicted octanol–water partition coefficient (Wildman–Crippen LogP) is 4.24. The number of carbonyl (C=O) groups excluding carboxylic acids is 1. The van der Waals surface area contributed by atoms with Gasteiger partial charge >= 0.3 is 0 Å². The van der Waals surface area contributed by atoms with Crippen LogP contribution in [-0.2, 0) is 17.8 Å². The molecule has 1 N–H and O–H groups in total. The van der Waals surface area contributed by atoms with Gasteiger partial charge in [-0.15, -0.1) is 0 Å². The number of halogens is 2. The zero-order chi connectivity index (χ0) is 19.0. The van der Waals surface area contributed by atoms with E-state index in [-0.39, 0.29) is 17.9 Å². The summed E-state index contributed by atoms with van der Waals surface area (Å²) in [6.07, 6.45) is 1.88. The number of aryl methyl sites for hydroxylation is 1. The monoisotopic (exact) mass is 404 g/mol. The Morgan fingerprint density at radius 2 is 2.00 bits per heavy atom. The summed E-state index contributed by atoms with van der Waals surface area (Å²) < 4.78 is 6.21. The molecule has 1 saturated heterocycles. The zero-order valence-electron chi connectivity index (χ0n) is 15.2. The summed E-state index contributed by atoms with van der Waals surface area (Å²) in [5.41, 5.74) is 3.56. The third-order valence-electron chi connectivity index (χ3n) is 5.37. The van der Waals surface area contributed by atoms with E-state index in [1.807, 2.05) is 18.2 Å². The van der Waals surface area contributed by atoms with Crippen LogP contribution in [-0.4, -0.2) is 30.9 Å². The molecule has 2 aromatic carbocycles. The number of benzene rings is 2. The number of ether oxygens (including phenoxy) is 1. The molecule has 0 bridgehead atoms. The summed E-state index contributed by atoms with van der Waals surface area (Å²) in [6.45, 7) is 2.52. The minimum Gasteiger partial charge on any atom is -0.485 e. The van der Waals surface area contributed by atoms with Gasteiger partial charge in [0, 0.05) is 26.7 Å². The Morgan fingerprint density at radius 1 is 1.19 bits per heavy atom. The standard InChI is InChI=1S/C21H22Cl2N2O2/c1-24-21(26)16-11-25(12-16)10-13-2-6-19-14(8-13)4-7-20(27-19)15-3-5-17(22)18(23)9-15/h2-3,5-6,8-9,16,20H,4,7,10-12H2,1H3,(H,24,26). The highest BCUT2D eigenvalue weighted by Crippen LogP contribution is 2.37. The molecule has 2 aromatic rings. The van der Waals surface area contributed by atoms with Gasteiger partial charge in [0.05, 0.1) is 16.0 Å². The number of nitrogens with one attached hydrogen (secondary N) is 1. The van der Waals surface area contributed by atoms with Crippen molar-refractivity contribution in [2.24, 2.45) is 5.92 Å². The van der Waals surface area contributed by atoms with Gasteiger partial charge in [-0.3, -0.25) is 9.69 Å². The fourth-order valence-electron chi connectivity index (χ4n) is 3.81. The second kappa shape index (κ2) is 7.70. The number of hydrogen-bond acceptors (Lipinski definition) is 3. The van der Waals surface area contributed by atoms with E-state index in [0.29, 0.717) is 10.0 Å². The van der Waals surface area contributed by atoms with Crippen molar-refractivity contribution in [3.8, 4) is 5.75 Å². The molecule has 0 spiro atoms. The molecule has 1 fully saturated rings. The van der Waals surface area contributed by atoms with Gasteiger partial charge in [0.1, 0.15) is 11.9 Å². The third-order valence-corrected chi connectivity index (χ3v) is 6.11. The highest BCUT2D eigenvalue weighted by Gasteiger charge is 2.32. The van der Waals surface area contributed by atoms with Gasteiger partial charge < -0.3 is 10.1 Å². The van der Waals surface area contributed by atoms with E-state index in [2.05, 4.69) is 28.4 Å². The van der Waals surface area contributed by atoms with Crippen LogP contribution < -0.4 is 10.1 Å². The Kier molecular flexibility index (Phi) is 5.31. The lowest BCUT2D eigenvalue weighted by Gasteiger charge is -2.38. The first-order valence-electron chi connectivity index (χ1n) is 9.21. The Labute approximate surface area is 169 Å². The van der Waals surface area contributed by atoms with E-state index in [0.717, 1.165) is 43.8 Å². The SMILES string of the molecule is CNC(=O)C1CN(Cc2ccc3c(c2)CCC(c2ccc(Cl)c(Cl)c2)O3)C1. The van der Waals surface area contributed by atoms with Crippen molar-refractivity contribution >= 4 is 29.1 Å². The second-order valence-corrected chi connectivity index (χ2v) is 8.08. The number of rotatable bonds is 4. The summed E-state index contributed by atoms with van der Waals surface area (Å²) in [4.78, 5) is 13.9. The number of carbonyl (C=O) groups is 1. The van der Waals surface area contributed by atoms with Gasteiger partial charge in [-0.1, -0.05) is 41.4 Å². The third kappa shape index (κ3) is 3.93. The van der Waals surface area contributed by atoms with Crippen molar-refractivity contribution in [2.45, 2.75) is 25.5 Å². The van der Waals surface area contributed by atoms with Crippen molar-refractivity contribution in [3.63, 3.8) is 0 Å². The average Bonchev–Trinajstić information content (AvgIpc) is 2.65. The van der Waals surface area contributed by atoms with E-state index in [9.17, 15) is 4.79 Å². The molecule has 27 heavy (non-hydrogen) atoms. The summed E-state index contributed by atoms with van der Waals surface area (Å²) in [5, 5.41) is 3.84. The number of amides is 1. The minimum absolute atomic E-state index is 0.00168. The molecule has 1 atom stereocenters. The molecule has 2 heterocycles. The van der Waals surface area contributed by atoms with Crippen LogP contribution in [0.5, 0.6) is 5.75 Å². The average molecular weight is 405 g/mol. The van der Waals surface area contributed by atoms with Crippen molar-refractivity contribution < 1.29 is 9.53 Å². The lowest BCUT2D eigenvalue weighted by Crippen LogP contribution is -2.52. The molecule has 0 aliphatic carbocycles. The number of nitrogens with zero attached hydrogens (tertiary/aromatic N) is 1. The van der Waals surface area contributed by atoms with Gasteiger partial charge in [-0.05, 0) is 47.7 Å². The second-order valence-electron chi connectivity index (χ2n) is 7.27. The van der Waals surface area contributed by atoms with Crippen LogP contribution >= 0.6 is 23.2 Å². The zero-order valence-corrected chi connectivity index (χ0v) is 16.7. The quantitative estimate of drug-likeness (QED) is 0.828. The van der Waals surface area contributed by atoms with Crippen LogP contribution in [0.2, 0.25) is 10.0 Å². The van der Waals surface area contributed by atoms with Crippen LogP contribution in [0.1, 0.15) is 29.2 Å². The largest absolute Gasteiger partial charge is 0.485 e. The minimum atomic E-state index is 0.00168. The van der Waals surface area contributed by atoms with Crippen molar-refractivity contribution in [1.82, 2.24) is 10.2 Å². The maximum Gasteiger partial charge on any atom is 0.225 e. The fourth-order valence-corrected chi connectivity index (χ4v) is 4.12. The molecule has 2 aliphatic heterocycles. The molecule has 4 rings (SSSR count). The molecule has 6 heteroatoms. The molecular weight excluding hydrogens is 383 g/mol. The molecule has 1 amide bonds. The van der Waals surface area contributed by atoms with Gasteiger partial charge in [0.15, 0.2) is 0 Å². The smallest absolute Gasteiger partial charge is 0.225 e. The van der Waals surface area contributed by atoms with Crippen LogP contribution in [0.3, 0.4) is 0 Å². The molecular formula is C21H22Cl2N2O2. The highest BCUT2D eigenvalue weighted by molar-refractivity contribution is 6.42. The highest BCUT2D eigenvalue weighted by atomic mass is 35.5. The Hall–Kier alpha value is -1.75. The molecule has 2 aliphatic rings. The fraction of sp³-hybridized carbons (Fsp3) is 0.381. The Bertz CT molecular complexity index is 865. The van der Waals surface area contributed by atoms with Gasteiger partial charge in [-0.25, -0.2) is 0 Å². The van der Waals surface area contributed by atoms with Crippen LogP contribution in [0.4, 0.5) is 0 Å². The van der Waals surface area contributed by atoms with Crippen LogP contribution in [0.15, 0.2) is 36.4 Å². The topological polar surface area (TPSA) is 41.6 Å². The first kappa shape index (κ1) is 18.6. The molecule has 0 radical (unpaired) electrons. The maximum absolute atomic E-state index is 11.6. The normalized spacial score (nSPS) is 19.7. The van der Waals surface area contributed by atoms with Crippen LogP contribution in [0, 0.1) is 5.92 Å². The molecule has 1 unspecified atom stereocenters. The molecule has 0 saturated carbocycles.